The Labute approximate surface area is 225 Å². The number of fused-ring (bicyclic) bond motifs is 1. The van der Waals surface area contributed by atoms with E-state index in [1.807, 2.05) is 24.3 Å². The number of ether oxygens (including phenoxy) is 2. The second-order valence-corrected chi connectivity index (χ2v) is 8.82. The van der Waals surface area contributed by atoms with E-state index in [-0.39, 0.29) is 11.5 Å². The van der Waals surface area contributed by atoms with Gasteiger partial charge in [0, 0.05) is 55.1 Å². The molecule has 0 atom stereocenters. The van der Waals surface area contributed by atoms with Crippen molar-refractivity contribution >= 4 is 40.2 Å². The molecule has 0 aliphatic heterocycles. The number of carbonyl (C=O) groups excluding carboxylic acids is 1. The van der Waals surface area contributed by atoms with Crippen molar-refractivity contribution in [3.8, 4) is 22.6 Å². The van der Waals surface area contributed by atoms with E-state index >= 15 is 0 Å². The van der Waals surface area contributed by atoms with Gasteiger partial charge in [0.2, 0.25) is 11.9 Å². The summed E-state index contributed by atoms with van der Waals surface area (Å²) in [5.74, 6) is 1.11. The van der Waals surface area contributed by atoms with Gasteiger partial charge in [-0.2, -0.15) is 4.98 Å². The molecule has 0 fully saturated rings. The number of methoxy groups -OCH3 is 2. The van der Waals surface area contributed by atoms with Crippen molar-refractivity contribution in [3.63, 3.8) is 0 Å². The third-order valence-corrected chi connectivity index (χ3v) is 6.65. The molecule has 38 heavy (non-hydrogen) atoms. The number of likely N-dealkylation sites (N-methyl/N-ethyl adjacent to an activating group) is 1. The second-order valence-electron chi connectivity index (χ2n) is 8.45. The maximum atomic E-state index is 13.9. The number of halogens is 1. The molecule has 0 saturated carbocycles. The van der Waals surface area contributed by atoms with Crippen LogP contribution in [0.2, 0.25) is 5.02 Å². The molecule has 0 aliphatic carbocycles. The number of hydrogen-bond donors (Lipinski definition) is 1. The van der Waals surface area contributed by atoms with E-state index in [0.29, 0.717) is 57.6 Å². The minimum atomic E-state index is -0.261. The third kappa shape index (κ3) is 5.19. The fourth-order valence-electron chi connectivity index (χ4n) is 4.11. The first kappa shape index (κ1) is 26.7. The molecule has 1 amide bonds. The Balaban J connectivity index is 1.79. The normalized spacial score (nSPS) is 10.8. The smallest absolute Gasteiger partial charge is 0.260 e. The molecule has 0 saturated heterocycles. The van der Waals surface area contributed by atoms with Crippen LogP contribution in [0.5, 0.6) is 11.5 Å². The van der Waals surface area contributed by atoms with Crippen LogP contribution in [0.25, 0.3) is 22.2 Å². The average Bonchev–Trinajstić information content (AvgIpc) is 2.95. The summed E-state index contributed by atoms with van der Waals surface area (Å²) in [6.07, 6.45) is 3.48. The molecular weight excluding hydrogens is 506 g/mol. The number of anilines is 2. The Morgan fingerprint density at radius 2 is 1.89 bits per heavy atom. The van der Waals surface area contributed by atoms with Crippen LogP contribution >= 0.6 is 11.6 Å². The first-order valence-corrected chi connectivity index (χ1v) is 12.2. The Bertz CT molecular complexity index is 1570. The number of aryl methyl sites for hydroxylation is 2. The van der Waals surface area contributed by atoms with Gasteiger partial charge in [0.05, 0.1) is 19.2 Å². The van der Waals surface area contributed by atoms with Crippen LogP contribution < -0.4 is 25.2 Å². The molecule has 196 valence electrons. The van der Waals surface area contributed by atoms with E-state index in [1.165, 1.54) is 25.2 Å². The average molecular weight is 534 g/mol. The summed E-state index contributed by atoms with van der Waals surface area (Å²) >= 11 is 6.64. The quantitative estimate of drug-likeness (QED) is 0.315. The van der Waals surface area contributed by atoms with Crippen molar-refractivity contribution < 1.29 is 14.3 Å². The van der Waals surface area contributed by atoms with E-state index in [2.05, 4.69) is 21.9 Å². The molecule has 0 radical (unpaired) electrons. The summed E-state index contributed by atoms with van der Waals surface area (Å²) in [4.78, 5) is 36.2. The van der Waals surface area contributed by atoms with Gasteiger partial charge < -0.3 is 19.7 Å². The van der Waals surface area contributed by atoms with Crippen LogP contribution in [0, 0.1) is 0 Å². The topological polar surface area (TPSA) is 98.6 Å². The zero-order valence-electron chi connectivity index (χ0n) is 21.6. The highest BCUT2D eigenvalue weighted by Gasteiger charge is 2.19. The fraction of sp³-hybridized carbons (Fsp3) is 0.214. The number of nitrogens with one attached hydrogen (secondary N) is 1. The first-order valence-electron chi connectivity index (χ1n) is 11.8. The number of aromatic nitrogens is 3. The standard InChI is InChI=1S/C28H28ClN5O4/c1-6-24(35)33(3)19-9-7-17(8-10-19)11-12-34-26-18(16-31-28(30-2)32-26)13-22(27(34)36)21-14-20(37-4)15-23(38-5)25(21)29/h6-10,13-16H,1,11-12H2,2-5H3,(H,30,31,32). The van der Waals surface area contributed by atoms with Crippen molar-refractivity contribution in [2.45, 2.75) is 13.0 Å². The zero-order valence-corrected chi connectivity index (χ0v) is 22.4. The summed E-state index contributed by atoms with van der Waals surface area (Å²) in [6, 6.07) is 12.7. The lowest BCUT2D eigenvalue weighted by Gasteiger charge is -2.17. The minimum absolute atomic E-state index is 0.194. The number of carbonyl (C=O) groups is 1. The first-order chi connectivity index (χ1) is 18.3. The predicted molar refractivity (Wildman–Crippen MR) is 151 cm³/mol. The monoisotopic (exact) mass is 533 g/mol. The Morgan fingerprint density at radius 1 is 1.16 bits per heavy atom. The maximum Gasteiger partial charge on any atom is 0.260 e. The van der Waals surface area contributed by atoms with Crippen LogP contribution in [-0.2, 0) is 17.8 Å². The maximum absolute atomic E-state index is 13.9. The lowest BCUT2D eigenvalue weighted by atomic mass is 10.0. The number of pyridine rings is 1. The summed E-state index contributed by atoms with van der Waals surface area (Å²) in [7, 11) is 6.45. The number of amides is 1. The molecule has 1 N–H and O–H groups in total. The largest absolute Gasteiger partial charge is 0.497 e. The van der Waals surface area contributed by atoms with Crippen molar-refractivity contribution in [3.05, 3.63) is 82.3 Å². The van der Waals surface area contributed by atoms with Gasteiger partial charge in [0.15, 0.2) is 0 Å². The Hall–Kier alpha value is -4.37. The molecule has 9 nitrogen and oxygen atoms in total. The molecular formula is C28H28ClN5O4. The number of hydrogen-bond acceptors (Lipinski definition) is 7. The van der Waals surface area contributed by atoms with Crippen molar-refractivity contribution in [1.29, 1.82) is 0 Å². The highest BCUT2D eigenvalue weighted by molar-refractivity contribution is 6.35. The van der Waals surface area contributed by atoms with Crippen LogP contribution in [0.1, 0.15) is 5.56 Å². The Morgan fingerprint density at radius 3 is 2.53 bits per heavy atom. The lowest BCUT2D eigenvalue weighted by Crippen LogP contribution is -2.24. The number of rotatable bonds is 9. The van der Waals surface area contributed by atoms with Crippen LogP contribution in [0.3, 0.4) is 0 Å². The van der Waals surface area contributed by atoms with Gasteiger partial charge in [-0.15, -0.1) is 0 Å². The van der Waals surface area contributed by atoms with Gasteiger partial charge in [-0.1, -0.05) is 30.3 Å². The van der Waals surface area contributed by atoms with Crippen LogP contribution in [0.15, 0.2) is 66.1 Å². The molecule has 4 rings (SSSR count). The van der Waals surface area contributed by atoms with Crippen molar-refractivity contribution in [2.75, 3.05) is 38.5 Å². The summed E-state index contributed by atoms with van der Waals surface area (Å²) in [5.41, 5.74) is 2.83. The summed E-state index contributed by atoms with van der Waals surface area (Å²) < 4.78 is 12.4. The highest BCUT2D eigenvalue weighted by Crippen LogP contribution is 2.38. The molecule has 0 bridgehead atoms. The van der Waals surface area contributed by atoms with Crippen LogP contribution in [0.4, 0.5) is 11.6 Å². The van der Waals surface area contributed by atoms with Gasteiger partial charge >= 0.3 is 0 Å². The molecule has 10 heteroatoms. The van der Waals surface area contributed by atoms with E-state index in [0.717, 1.165) is 11.3 Å². The van der Waals surface area contributed by atoms with Crippen LogP contribution in [-0.4, -0.2) is 48.8 Å². The molecule has 4 aromatic rings. The summed E-state index contributed by atoms with van der Waals surface area (Å²) in [5, 5.41) is 3.91. The van der Waals surface area contributed by atoms with Gasteiger partial charge in [-0.25, -0.2) is 4.98 Å². The molecule has 2 aromatic heterocycles. The molecule has 0 aliphatic rings. The predicted octanol–water partition coefficient (Wildman–Crippen LogP) is 4.56. The van der Waals surface area contributed by atoms with Gasteiger partial charge in [0.1, 0.15) is 17.1 Å². The Kier molecular flexibility index (Phi) is 7.97. The van der Waals surface area contributed by atoms with E-state index in [9.17, 15) is 9.59 Å². The number of nitrogens with zero attached hydrogens (tertiary/aromatic N) is 4. The van der Waals surface area contributed by atoms with E-state index in [4.69, 9.17) is 21.1 Å². The minimum Gasteiger partial charge on any atom is -0.497 e. The second kappa shape index (κ2) is 11.4. The molecule has 2 heterocycles. The van der Waals surface area contributed by atoms with E-state index < -0.39 is 0 Å². The molecule has 0 spiro atoms. The fourth-order valence-corrected chi connectivity index (χ4v) is 4.39. The van der Waals surface area contributed by atoms with Gasteiger partial charge in [0.25, 0.3) is 5.56 Å². The number of benzene rings is 2. The summed E-state index contributed by atoms with van der Waals surface area (Å²) in [6.45, 7) is 3.88. The SMILES string of the molecule is C=CC(=O)N(C)c1ccc(CCn2c(=O)c(-c3cc(OC)cc(OC)c3Cl)cc3cnc(NC)nc32)cc1. The van der Waals surface area contributed by atoms with Gasteiger partial charge in [-0.3, -0.25) is 14.2 Å². The van der Waals surface area contributed by atoms with Gasteiger partial charge in [-0.05, 0) is 42.3 Å². The van der Waals surface area contributed by atoms with Crippen molar-refractivity contribution in [1.82, 2.24) is 14.5 Å². The highest BCUT2D eigenvalue weighted by atomic mass is 35.5. The van der Waals surface area contributed by atoms with Crippen molar-refractivity contribution in [2.24, 2.45) is 0 Å². The molecule has 2 aromatic carbocycles. The third-order valence-electron chi connectivity index (χ3n) is 6.26. The molecule has 0 unspecified atom stereocenters. The lowest BCUT2D eigenvalue weighted by molar-refractivity contribution is -0.113. The zero-order chi connectivity index (χ0) is 27.4. The van der Waals surface area contributed by atoms with E-state index in [1.54, 1.807) is 43.1 Å².